The number of hydrogen-bond donors (Lipinski definition) is 2. The average Bonchev–Trinajstić information content (AvgIpc) is 3.22. The highest BCUT2D eigenvalue weighted by Crippen LogP contribution is 2.35. The van der Waals surface area contributed by atoms with E-state index in [9.17, 15) is 14.7 Å². The second kappa shape index (κ2) is 11.5. The fraction of sp³-hybridized carbons (Fsp3) is 0.207. The van der Waals surface area contributed by atoms with E-state index in [1.807, 2.05) is 73.8 Å². The molecule has 0 aliphatic heterocycles. The Bertz CT molecular complexity index is 1430. The SMILES string of the molecule is CCOC(=O)n1c(O)c(C(=Nc2ccc(N(C)C(=O)CCNC)cc2)c2ccccc2)c2ccccc21. The Hall–Kier alpha value is -4.43. The number of rotatable bonds is 8. The fourth-order valence-corrected chi connectivity index (χ4v) is 4.12. The number of benzene rings is 3. The van der Waals surface area contributed by atoms with E-state index in [0.29, 0.717) is 40.8 Å². The van der Waals surface area contributed by atoms with Gasteiger partial charge in [-0.2, -0.15) is 0 Å². The van der Waals surface area contributed by atoms with Gasteiger partial charge in [-0.25, -0.2) is 14.4 Å². The molecule has 0 aliphatic rings. The van der Waals surface area contributed by atoms with Crippen molar-refractivity contribution < 1.29 is 19.4 Å². The number of ether oxygens (including phenoxy) is 1. The summed E-state index contributed by atoms with van der Waals surface area (Å²) in [6.07, 6.45) is -0.264. The van der Waals surface area contributed by atoms with Crippen molar-refractivity contribution in [2.45, 2.75) is 13.3 Å². The lowest BCUT2D eigenvalue weighted by Gasteiger charge is -2.17. The van der Waals surface area contributed by atoms with Crippen molar-refractivity contribution in [3.05, 3.63) is 90.0 Å². The largest absolute Gasteiger partial charge is 0.494 e. The van der Waals surface area contributed by atoms with Gasteiger partial charge in [0.15, 0.2) is 0 Å². The lowest BCUT2D eigenvalue weighted by atomic mass is 10.0. The molecule has 1 aromatic heterocycles. The molecule has 4 rings (SSSR count). The predicted octanol–water partition coefficient (Wildman–Crippen LogP) is 5.09. The first-order valence-corrected chi connectivity index (χ1v) is 12.1. The molecule has 8 nitrogen and oxygen atoms in total. The minimum absolute atomic E-state index is 0.00673. The minimum atomic E-state index is -0.662. The number of aliphatic imine (C=N–C) groups is 1. The van der Waals surface area contributed by atoms with Gasteiger partial charge in [0.25, 0.3) is 0 Å². The van der Waals surface area contributed by atoms with E-state index >= 15 is 0 Å². The molecule has 3 aromatic carbocycles. The molecule has 2 N–H and O–H groups in total. The van der Waals surface area contributed by atoms with Crippen LogP contribution in [0.3, 0.4) is 0 Å². The van der Waals surface area contributed by atoms with E-state index in [1.165, 1.54) is 4.57 Å². The first kappa shape index (κ1) is 25.7. The maximum Gasteiger partial charge on any atom is 0.421 e. The molecule has 0 saturated carbocycles. The van der Waals surface area contributed by atoms with Gasteiger partial charge in [-0.3, -0.25) is 4.79 Å². The van der Waals surface area contributed by atoms with Gasteiger partial charge in [-0.15, -0.1) is 0 Å². The Morgan fingerprint density at radius 1 is 1.00 bits per heavy atom. The average molecular weight is 499 g/mol. The Morgan fingerprint density at radius 3 is 2.35 bits per heavy atom. The molecule has 0 spiro atoms. The highest BCUT2D eigenvalue weighted by molar-refractivity contribution is 6.23. The molecule has 190 valence electrons. The number of anilines is 1. The van der Waals surface area contributed by atoms with Gasteiger partial charge in [-0.05, 0) is 44.3 Å². The standard InChI is InChI=1S/C29H30N4O4/c1-4-37-29(36)33-24-13-9-8-12-23(24)26(28(33)35)27(20-10-6-5-7-11-20)31-21-14-16-22(17-15-21)32(3)25(34)18-19-30-2/h5-17,30,35H,4,18-19H2,1-3H3. The summed E-state index contributed by atoms with van der Waals surface area (Å²) < 4.78 is 6.37. The zero-order chi connectivity index (χ0) is 26.4. The number of nitrogens with one attached hydrogen (secondary N) is 1. The summed E-state index contributed by atoms with van der Waals surface area (Å²) in [6.45, 7) is 2.50. The number of nitrogens with zero attached hydrogens (tertiary/aromatic N) is 3. The van der Waals surface area contributed by atoms with Crippen molar-refractivity contribution in [3.8, 4) is 5.88 Å². The third-order valence-corrected chi connectivity index (χ3v) is 6.02. The maximum absolute atomic E-state index is 12.7. The van der Waals surface area contributed by atoms with E-state index in [2.05, 4.69) is 5.32 Å². The Labute approximate surface area is 215 Å². The van der Waals surface area contributed by atoms with Crippen LogP contribution < -0.4 is 10.2 Å². The minimum Gasteiger partial charge on any atom is -0.494 e. The summed E-state index contributed by atoms with van der Waals surface area (Å²) in [6, 6.07) is 24.0. The number of aromatic hydroxyl groups is 1. The second-order valence-electron chi connectivity index (χ2n) is 8.40. The molecule has 4 aromatic rings. The normalized spacial score (nSPS) is 11.5. The Morgan fingerprint density at radius 2 is 1.68 bits per heavy atom. The summed E-state index contributed by atoms with van der Waals surface area (Å²) in [7, 11) is 3.56. The summed E-state index contributed by atoms with van der Waals surface area (Å²) >= 11 is 0. The van der Waals surface area contributed by atoms with E-state index in [-0.39, 0.29) is 18.4 Å². The molecule has 8 heteroatoms. The molecular formula is C29H30N4O4. The third-order valence-electron chi connectivity index (χ3n) is 6.02. The molecule has 0 fully saturated rings. The summed E-state index contributed by atoms with van der Waals surface area (Å²) in [5.41, 5.74) is 3.61. The number of para-hydroxylation sites is 1. The summed E-state index contributed by atoms with van der Waals surface area (Å²) in [5, 5.41) is 15.0. The molecule has 0 atom stereocenters. The van der Waals surface area contributed by atoms with Crippen LogP contribution in [0.15, 0.2) is 83.9 Å². The van der Waals surface area contributed by atoms with E-state index < -0.39 is 6.09 Å². The smallest absolute Gasteiger partial charge is 0.421 e. The monoisotopic (exact) mass is 498 g/mol. The third kappa shape index (κ3) is 5.39. The van der Waals surface area contributed by atoms with Crippen molar-refractivity contribution in [3.63, 3.8) is 0 Å². The van der Waals surface area contributed by atoms with Gasteiger partial charge < -0.3 is 20.1 Å². The molecule has 0 aliphatic carbocycles. The predicted molar refractivity (Wildman–Crippen MR) is 146 cm³/mol. The zero-order valence-electron chi connectivity index (χ0n) is 21.1. The Kier molecular flexibility index (Phi) is 8.00. The van der Waals surface area contributed by atoms with Gasteiger partial charge in [0.1, 0.15) is 0 Å². The number of hydrogen-bond acceptors (Lipinski definition) is 6. The zero-order valence-corrected chi connectivity index (χ0v) is 21.1. The van der Waals surface area contributed by atoms with Gasteiger partial charge in [-0.1, -0.05) is 48.5 Å². The van der Waals surface area contributed by atoms with Crippen LogP contribution in [0.2, 0.25) is 0 Å². The van der Waals surface area contributed by atoms with E-state index in [1.54, 1.807) is 31.0 Å². The van der Waals surface area contributed by atoms with E-state index in [0.717, 1.165) is 11.3 Å². The molecule has 1 heterocycles. The molecule has 0 bridgehead atoms. The molecule has 0 unspecified atom stereocenters. The summed E-state index contributed by atoms with van der Waals surface area (Å²) in [4.78, 5) is 31.6. The lowest BCUT2D eigenvalue weighted by molar-refractivity contribution is -0.118. The maximum atomic E-state index is 12.7. The highest BCUT2D eigenvalue weighted by atomic mass is 16.5. The van der Waals surface area contributed by atoms with Crippen LogP contribution in [0.25, 0.3) is 10.9 Å². The van der Waals surface area contributed by atoms with Crippen molar-refractivity contribution in [1.29, 1.82) is 0 Å². The van der Waals surface area contributed by atoms with Crippen LogP contribution in [0.5, 0.6) is 5.88 Å². The fourth-order valence-electron chi connectivity index (χ4n) is 4.12. The first-order valence-electron chi connectivity index (χ1n) is 12.1. The van der Waals surface area contributed by atoms with Crippen LogP contribution >= 0.6 is 0 Å². The lowest BCUT2D eigenvalue weighted by Crippen LogP contribution is -2.28. The van der Waals surface area contributed by atoms with E-state index in [4.69, 9.17) is 9.73 Å². The van der Waals surface area contributed by atoms with Gasteiger partial charge in [0.2, 0.25) is 11.8 Å². The molecule has 37 heavy (non-hydrogen) atoms. The molecule has 0 radical (unpaired) electrons. The van der Waals surface area contributed by atoms with Gasteiger partial charge in [0, 0.05) is 36.7 Å². The van der Waals surface area contributed by atoms with Crippen molar-refractivity contribution in [1.82, 2.24) is 9.88 Å². The number of carbonyl (C=O) groups excluding carboxylic acids is 2. The number of carbonyl (C=O) groups is 2. The quantitative estimate of drug-likeness (QED) is 0.330. The van der Waals surface area contributed by atoms with Crippen molar-refractivity contribution in [2.75, 3.05) is 32.1 Å². The molecule has 1 amide bonds. The van der Waals surface area contributed by atoms with Crippen LogP contribution in [0, 0.1) is 0 Å². The van der Waals surface area contributed by atoms with Crippen LogP contribution in [0.1, 0.15) is 24.5 Å². The number of fused-ring (bicyclic) bond motifs is 1. The van der Waals surface area contributed by atoms with Crippen molar-refractivity contribution in [2.24, 2.45) is 4.99 Å². The van der Waals surface area contributed by atoms with Crippen molar-refractivity contribution >= 4 is 40.0 Å². The number of amides is 1. The topological polar surface area (TPSA) is 96.2 Å². The number of aromatic nitrogens is 1. The van der Waals surface area contributed by atoms with Crippen LogP contribution in [-0.4, -0.2) is 54.6 Å². The second-order valence-corrected chi connectivity index (χ2v) is 8.40. The Balaban J connectivity index is 1.83. The first-order chi connectivity index (χ1) is 18.0. The van der Waals surface area contributed by atoms with Crippen LogP contribution in [-0.2, 0) is 9.53 Å². The molecule has 0 saturated heterocycles. The van der Waals surface area contributed by atoms with Crippen LogP contribution in [0.4, 0.5) is 16.2 Å². The highest BCUT2D eigenvalue weighted by Gasteiger charge is 2.25. The summed E-state index contributed by atoms with van der Waals surface area (Å²) in [5.74, 6) is -0.235. The van der Waals surface area contributed by atoms with Gasteiger partial charge >= 0.3 is 6.09 Å². The van der Waals surface area contributed by atoms with Gasteiger partial charge in [0.05, 0.1) is 29.1 Å². The molecular weight excluding hydrogens is 468 g/mol.